The molecule has 0 fully saturated rings. The van der Waals surface area contributed by atoms with Crippen molar-refractivity contribution in [2.24, 2.45) is 17.8 Å². The largest absolute Gasteiger partial charge is 0.462 e. The normalized spacial score (nSPS) is 13.8. The van der Waals surface area contributed by atoms with Crippen LogP contribution in [0.2, 0.25) is 0 Å². The third-order valence-electron chi connectivity index (χ3n) is 8.19. The van der Waals surface area contributed by atoms with Gasteiger partial charge in [-0.05, 0) is 37.0 Å². The highest BCUT2D eigenvalue weighted by atomic mass is 16.6. The van der Waals surface area contributed by atoms with Gasteiger partial charge in [0, 0.05) is 36.5 Å². The minimum absolute atomic E-state index is 0.216. The molecule has 3 unspecified atom stereocenters. The van der Waals surface area contributed by atoms with Crippen molar-refractivity contribution in [3.05, 3.63) is 36.5 Å². The number of rotatable bonds is 29. The van der Waals surface area contributed by atoms with Gasteiger partial charge in [0.1, 0.15) is 13.2 Å². The van der Waals surface area contributed by atoms with Crippen molar-refractivity contribution in [3.63, 3.8) is 0 Å². The monoisotopic (exact) mass is 722 g/mol. The Kier molecular flexibility index (Phi) is 28.4. The van der Waals surface area contributed by atoms with Gasteiger partial charge in [-0.3, -0.25) is 0 Å². The highest BCUT2D eigenvalue weighted by Crippen LogP contribution is 2.15. The summed E-state index contributed by atoms with van der Waals surface area (Å²) >= 11 is 0. The molecular formula is C39H62O12. The molecule has 0 saturated heterocycles. The van der Waals surface area contributed by atoms with E-state index < -0.39 is 55.1 Å². The van der Waals surface area contributed by atoms with Crippen LogP contribution in [0.25, 0.3) is 0 Å². The first-order chi connectivity index (χ1) is 24.5. The second kappa shape index (κ2) is 30.8. The molecule has 0 bridgehead atoms. The van der Waals surface area contributed by atoms with Crippen molar-refractivity contribution in [2.45, 2.75) is 125 Å². The number of carbonyl (C=O) groups is 6. The fourth-order valence-corrected chi connectivity index (χ4v) is 4.61. The van der Waals surface area contributed by atoms with E-state index in [1.807, 2.05) is 20.8 Å². The van der Waals surface area contributed by atoms with Gasteiger partial charge in [-0.15, -0.1) is 0 Å². The van der Waals surface area contributed by atoms with E-state index in [1.165, 1.54) is 0 Å². The van der Waals surface area contributed by atoms with Gasteiger partial charge in [0.05, 0.1) is 19.8 Å². The van der Waals surface area contributed by atoms with Crippen molar-refractivity contribution in [3.8, 4) is 0 Å². The Balaban J connectivity index is 5.26. The van der Waals surface area contributed by atoms with E-state index >= 15 is 0 Å². The van der Waals surface area contributed by atoms with Gasteiger partial charge in [0.15, 0.2) is 6.10 Å². The molecule has 0 N–H and O–H groups in total. The first-order valence-electron chi connectivity index (χ1n) is 18.6. The molecule has 0 rings (SSSR count). The van der Waals surface area contributed by atoms with Crippen LogP contribution in [-0.2, 0) is 57.2 Å². The minimum Gasteiger partial charge on any atom is -0.462 e. The zero-order valence-corrected chi connectivity index (χ0v) is 31.7. The van der Waals surface area contributed by atoms with E-state index in [0.29, 0.717) is 0 Å². The third-order valence-corrected chi connectivity index (χ3v) is 8.19. The van der Waals surface area contributed by atoms with Crippen molar-refractivity contribution in [1.29, 1.82) is 0 Å². The maximum absolute atomic E-state index is 12.5. The summed E-state index contributed by atoms with van der Waals surface area (Å²) in [7, 11) is 0. The van der Waals surface area contributed by atoms with Gasteiger partial charge in [-0.25, -0.2) is 28.8 Å². The molecule has 0 aromatic heterocycles. The second-order valence-electron chi connectivity index (χ2n) is 12.5. The smallest absolute Gasteiger partial charge is 0.331 e. The summed E-state index contributed by atoms with van der Waals surface area (Å²) in [5.41, 5.74) is 0. The first-order valence-corrected chi connectivity index (χ1v) is 18.6. The van der Waals surface area contributed by atoms with E-state index in [0.717, 1.165) is 114 Å². The fraction of sp³-hybridized carbons (Fsp3) is 0.692. The number of ether oxygens (including phenoxy) is 6. The molecule has 0 aliphatic rings. The average Bonchev–Trinajstić information content (AvgIpc) is 3.13. The molecule has 0 aliphatic carbocycles. The van der Waals surface area contributed by atoms with Gasteiger partial charge in [-0.1, -0.05) is 99.3 Å². The van der Waals surface area contributed by atoms with Crippen LogP contribution in [0.1, 0.15) is 119 Å². The maximum atomic E-state index is 12.5. The SMILES string of the molecule is CCCCC(CC)COC(=O)/C=C\C(=O)OCC(COC(=O)/C=C\C(=O)OCC(CC)CCCC)OC(=O)/C=C\C(=O)OCC(CC)CCCC. The molecule has 12 nitrogen and oxygen atoms in total. The van der Waals surface area contributed by atoms with Crippen LogP contribution in [0.5, 0.6) is 0 Å². The third kappa shape index (κ3) is 26.5. The Labute approximate surface area is 304 Å². The van der Waals surface area contributed by atoms with Crippen LogP contribution in [0, 0.1) is 17.8 Å². The highest BCUT2D eigenvalue weighted by molar-refractivity contribution is 5.93. The predicted molar refractivity (Wildman–Crippen MR) is 192 cm³/mol. The van der Waals surface area contributed by atoms with Gasteiger partial charge >= 0.3 is 35.8 Å². The zero-order chi connectivity index (χ0) is 38.3. The molecule has 0 heterocycles. The maximum Gasteiger partial charge on any atom is 0.331 e. The van der Waals surface area contributed by atoms with Gasteiger partial charge in [-0.2, -0.15) is 0 Å². The number of esters is 6. The standard InChI is InChI=1S/C39H62O12/c1-7-13-16-30(10-4)25-46-34(40)19-21-37(43)49-28-33(51-39(45)24-23-36(42)48-27-32(12-6)18-15-9-3)29-50-38(44)22-20-35(41)47-26-31(11-5)17-14-8-2/h19-24,30-33H,7-18,25-29H2,1-6H3/b21-19-,22-20-,24-23-. The molecule has 12 heteroatoms. The van der Waals surface area contributed by atoms with Crippen LogP contribution in [0.3, 0.4) is 0 Å². The van der Waals surface area contributed by atoms with E-state index in [4.69, 9.17) is 28.4 Å². The van der Waals surface area contributed by atoms with Crippen LogP contribution in [0.15, 0.2) is 36.5 Å². The Morgan fingerprint density at radius 2 is 0.647 bits per heavy atom. The number of hydrogen-bond acceptors (Lipinski definition) is 12. The van der Waals surface area contributed by atoms with Crippen LogP contribution >= 0.6 is 0 Å². The van der Waals surface area contributed by atoms with Gasteiger partial charge in [0.2, 0.25) is 0 Å². The quantitative estimate of drug-likeness (QED) is 0.0446. The van der Waals surface area contributed by atoms with Crippen molar-refractivity contribution in [2.75, 3.05) is 33.0 Å². The Bertz CT molecular complexity index is 1050. The summed E-state index contributed by atoms with van der Waals surface area (Å²) < 4.78 is 31.2. The second-order valence-corrected chi connectivity index (χ2v) is 12.5. The molecule has 0 aromatic rings. The zero-order valence-electron chi connectivity index (χ0n) is 31.7. The van der Waals surface area contributed by atoms with Gasteiger partial charge in [0.25, 0.3) is 0 Å². The molecule has 290 valence electrons. The van der Waals surface area contributed by atoms with Crippen LogP contribution in [-0.4, -0.2) is 75.0 Å². The van der Waals surface area contributed by atoms with Gasteiger partial charge < -0.3 is 28.4 Å². The lowest BCUT2D eigenvalue weighted by Crippen LogP contribution is -2.30. The summed E-state index contributed by atoms with van der Waals surface area (Å²) in [6, 6.07) is 0. The summed E-state index contributed by atoms with van der Waals surface area (Å²) in [5, 5.41) is 0. The Hall–Kier alpha value is -3.96. The molecular weight excluding hydrogens is 660 g/mol. The summed E-state index contributed by atoms with van der Waals surface area (Å²) in [6.45, 7) is 11.9. The molecule has 0 amide bonds. The van der Waals surface area contributed by atoms with Crippen molar-refractivity contribution in [1.82, 2.24) is 0 Å². The Morgan fingerprint density at radius 1 is 0.392 bits per heavy atom. The lowest BCUT2D eigenvalue weighted by atomic mass is 10.0. The molecule has 51 heavy (non-hydrogen) atoms. The summed E-state index contributed by atoms with van der Waals surface area (Å²) in [6.07, 6.45) is 15.6. The van der Waals surface area contributed by atoms with E-state index in [1.54, 1.807) is 0 Å². The van der Waals surface area contributed by atoms with Crippen molar-refractivity contribution < 1.29 is 57.2 Å². The predicted octanol–water partition coefficient (Wildman–Crippen LogP) is 6.93. The van der Waals surface area contributed by atoms with Crippen LogP contribution < -0.4 is 0 Å². The molecule has 0 saturated carbocycles. The molecule has 0 aromatic carbocycles. The Morgan fingerprint density at radius 3 is 0.902 bits per heavy atom. The first kappa shape index (κ1) is 47.0. The number of carbonyl (C=O) groups excluding carboxylic acids is 6. The van der Waals surface area contributed by atoms with E-state index in [-0.39, 0.29) is 37.6 Å². The highest BCUT2D eigenvalue weighted by Gasteiger charge is 2.19. The molecule has 0 aliphatic heterocycles. The molecule has 0 radical (unpaired) electrons. The lowest BCUT2D eigenvalue weighted by Gasteiger charge is -2.16. The van der Waals surface area contributed by atoms with E-state index in [9.17, 15) is 28.8 Å². The van der Waals surface area contributed by atoms with Crippen molar-refractivity contribution >= 4 is 35.8 Å². The fourth-order valence-electron chi connectivity index (χ4n) is 4.61. The molecule has 0 spiro atoms. The summed E-state index contributed by atoms with van der Waals surface area (Å²) in [5.74, 6) is -4.31. The van der Waals surface area contributed by atoms with E-state index in [2.05, 4.69) is 20.8 Å². The minimum atomic E-state index is -1.29. The van der Waals surface area contributed by atoms with Crippen LogP contribution in [0.4, 0.5) is 0 Å². The number of hydrogen-bond donors (Lipinski definition) is 0. The molecule has 3 atom stereocenters. The lowest BCUT2D eigenvalue weighted by molar-refractivity contribution is -0.160. The topological polar surface area (TPSA) is 158 Å². The summed E-state index contributed by atoms with van der Waals surface area (Å²) in [4.78, 5) is 73.5. The number of unbranched alkanes of at least 4 members (excludes halogenated alkanes) is 3. The average molecular weight is 723 g/mol.